The van der Waals surface area contributed by atoms with Gasteiger partial charge in [-0.3, -0.25) is 14.3 Å². The first-order valence-electron chi connectivity index (χ1n) is 15.9. The molecule has 3 atom stereocenters. The number of sulfonamides is 1. The zero-order valence-electron chi connectivity index (χ0n) is 27.5. The van der Waals surface area contributed by atoms with Crippen molar-refractivity contribution in [3.05, 3.63) is 131 Å². The molecule has 4 aromatic carbocycles. The number of carbonyl (C=O) groups is 2. The average Bonchev–Trinajstić information content (AvgIpc) is 3.10. The van der Waals surface area contributed by atoms with E-state index in [2.05, 4.69) is 20.7 Å². The molecular weight excluding hydrogens is 628 g/mol. The van der Waals surface area contributed by atoms with Crippen LogP contribution in [0.2, 0.25) is 0 Å². The molecule has 0 saturated heterocycles. The van der Waals surface area contributed by atoms with Crippen LogP contribution in [0.15, 0.2) is 103 Å². The first kappa shape index (κ1) is 36.1. The number of aliphatic hydroxyl groups excluding tert-OH is 1. The second kappa shape index (κ2) is 17.4. The maximum Gasteiger partial charge on any atom is 0.251 e. The Morgan fingerprint density at radius 3 is 2.02 bits per heavy atom. The molecule has 5 N–H and O–H groups in total. The standard InChI is InChI=1S/C37H44N4O6S/c1-4-48(45,46)41-32-23-30(36(43)39-26(2)29-13-9-6-10-14-29)22-31(24-32)37(44)40-34(21-28-11-7-5-8-12-28)35(42)25-38-20-19-27-15-17-33(47-3)18-16-27/h5-18,22-24,26,34-35,38,41-42H,4,19-21,25H2,1-3H3,(H,39,43)(H,40,44)/t26-,34+,35-/m1/s1. The van der Waals surface area contributed by atoms with Crippen molar-refractivity contribution in [2.45, 2.75) is 44.9 Å². The van der Waals surface area contributed by atoms with Gasteiger partial charge in [0.25, 0.3) is 11.8 Å². The SMILES string of the molecule is CCS(=O)(=O)Nc1cc(C(=O)N[C@@H](Cc2ccccc2)[C@H](O)CNCCc2ccc(OC)cc2)cc(C(=O)N[C@H](C)c2ccccc2)c1. The number of rotatable bonds is 17. The van der Waals surface area contributed by atoms with Gasteiger partial charge in [0.2, 0.25) is 10.0 Å². The molecule has 48 heavy (non-hydrogen) atoms. The summed E-state index contributed by atoms with van der Waals surface area (Å²) >= 11 is 0. The van der Waals surface area contributed by atoms with Crippen LogP contribution in [0.1, 0.15) is 57.3 Å². The van der Waals surface area contributed by atoms with E-state index in [0.29, 0.717) is 13.0 Å². The molecular formula is C37H44N4O6S. The highest BCUT2D eigenvalue weighted by Crippen LogP contribution is 2.20. The van der Waals surface area contributed by atoms with E-state index in [1.807, 2.05) is 91.9 Å². The quantitative estimate of drug-likeness (QED) is 0.104. The van der Waals surface area contributed by atoms with E-state index in [4.69, 9.17) is 4.74 Å². The topological polar surface area (TPSA) is 146 Å². The lowest BCUT2D eigenvalue weighted by Crippen LogP contribution is -2.49. The molecule has 0 aromatic heterocycles. The summed E-state index contributed by atoms with van der Waals surface area (Å²) in [5, 5.41) is 20.4. The second-order valence-electron chi connectivity index (χ2n) is 11.5. The fraction of sp³-hybridized carbons (Fsp3) is 0.297. The molecule has 0 aliphatic carbocycles. The highest BCUT2D eigenvalue weighted by Gasteiger charge is 2.24. The second-order valence-corrected chi connectivity index (χ2v) is 13.6. The Hall–Kier alpha value is -4.71. The van der Waals surface area contributed by atoms with Crippen molar-refractivity contribution in [3.63, 3.8) is 0 Å². The summed E-state index contributed by atoms with van der Waals surface area (Å²) < 4.78 is 32.6. The third-order valence-corrected chi connectivity index (χ3v) is 9.25. The number of carbonyl (C=O) groups excluding carboxylic acids is 2. The summed E-state index contributed by atoms with van der Waals surface area (Å²) in [6, 6.07) is 29.9. The number of ether oxygens (including phenoxy) is 1. The molecule has 0 saturated carbocycles. The lowest BCUT2D eigenvalue weighted by atomic mass is 10.00. The van der Waals surface area contributed by atoms with Gasteiger partial charge in [-0.2, -0.15) is 0 Å². The van der Waals surface area contributed by atoms with E-state index < -0.39 is 34.0 Å². The number of amides is 2. The first-order valence-corrected chi connectivity index (χ1v) is 17.6. The summed E-state index contributed by atoms with van der Waals surface area (Å²) in [5.41, 5.74) is 3.19. The van der Waals surface area contributed by atoms with E-state index in [1.54, 1.807) is 7.11 Å². The Labute approximate surface area is 283 Å². The van der Waals surface area contributed by atoms with Gasteiger partial charge in [-0.05, 0) is 80.3 Å². The normalized spacial score (nSPS) is 13.2. The van der Waals surface area contributed by atoms with Crippen LogP contribution in [-0.2, 0) is 22.9 Å². The highest BCUT2D eigenvalue weighted by molar-refractivity contribution is 7.92. The van der Waals surface area contributed by atoms with Gasteiger partial charge in [-0.25, -0.2) is 8.42 Å². The van der Waals surface area contributed by atoms with Gasteiger partial charge in [0, 0.05) is 17.7 Å². The summed E-state index contributed by atoms with van der Waals surface area (Å²) in [6.45, 7) is 4.16. The number of methoxy groups -OCH3 is 1. The largest absolute Gasteiger partial charge is 0.497 e. The summed E-state index contributed by atoms with van der Waals surface area (Å²) in [5.74, 6) is -0.437. The van der Waals surface area contributed by atoms with Gasteiger partial charge >= 0.3 is 0 Å². The molecule has 2 amide bonds. The average molecular weight is 673 g/mol. The van der Waals surface area contributed by atoms with Crippen LogP contribution < -0.4 is 25.4 Å². The number of aliphatic hydroxyl groups is 1. The summed E-state index contributed by atoms with van der Waals surface area (Å²) in [4.78, 5) is 27.1. The van der Waals surface area contributed by atoms with Gasteiger partial charge in [0.15, 0.2) is 0 Å². The zero-order chi connectivity index (χ0) is 34.5. The third-order valence-electron chi connectivity index (χ3n) is 7.94. The van der Waals surface area contributed by atoms with Crippen molar-refractivity contribution < 1.29 is 27.9 Å². The number of anilines is 1. The molecule has 0 aliphatic heterocycles. The van der Waals surface area contributed by atoms with Crippen molar-refractivity contribution in [2.24, 2.45) is 0 Å². The zero-order valence-corrected chi connectivity index (χ0v) is 28.3. The number of hydrogen-bond acceptors (Lipinski definition) is 7. The van der Waals surface area contributed by atoms with Crippen molar-refractivity contribution in [1.29, 1.82) is 0 Å². The van der Waals surface area contributed by atoms with Crippen LogP contribution in [-0.4, -0.2) is 63.4 Å². The smallest absolute Gasteiger partial charge is 0.251 e. The van der Waals surface area contributed by atoms with Crippen molar-refractivity contribution in [1.82, 2.24) is 16.0 Å². The fourth-order valence-corrected chi connectivity index (χ4v) is 5.75. The molecule has 0 radical (unpaired) electrons. The molecule has 0 bridgehead atoms. The highest BCUT2D eigenvalue weighted by atomic mass is 32.2. The molecule has 0 aliphatic rings. The lowest BCUT2D eigenvalue weighted by Gasteiger charge is -2.25. The molecule has 0 spiro atoms. The van der Waals surface area contributed by atoms with Crippen LogP contribution in [0.4, 0.5) is 5.69 Å². The third kappa shape index (κ3) is 10.9. The molecule has 0 heterocycles. The number of benzene rings is 4. The number of nitrogens with one attached hydrogen (secondary N) is 4. The predicted octanol–water partition coefficient (Wildman–Crippen LogP) is 4.48. The summed E-state index contributed by atoms with van der Waals surface area (Å²) in [6.07, 6.45) is 0.125. The van der Waals surface area contributed by atoms with Crippen LogP contribution >= 0.6 is 0 Å². The maximum atomic E-state index is 13.8. The molecule has 0 fully saturated rings. The minimum Gasteiger partial charge on any atom is -0.497 e. The molecule has 11 heteroatoms. The lowest BCUT2D eigenvalue weighted by molar-refractivity contribution is 0.0831. The van der Waals surface area contributed by atoms with Crippen molar-refractivity contribution >= 4 is 27.5 Å². The van der Waals surface area contributed by atoms with E-state index in [-0.39, 0.29) is 35.2 Å². The molecule has 4 aromatic rings. The Morgan fingerprint density at radius 1 is 0.812 bits per heavy atom. The Bertz CT molecular complexity index is 1740. The van der Waals surface area contributed by atoms with E-state index in [9.17, 15) is 23.1 Å². The minimum atomic E-state index is -3.71. The van der Waals surface area contributed by atoms with Crippen molar-refractivity contribution in [2.75, 3.05) is 30.7 Å². The molecule has 4 rings (SSSR count). The molecule has 254 valence electrons. The molecule has 10 nitrogen and oxygen atoms in total. The van der Waals surface area contributed by atoms with Gasteiger partial charge in [-0.15, -0.1) is 0 Å². The van der Waals surface area contributed by atoms with Gasteiger partial charge in [0.1, 0.15) is 5.75 Å². The van der Waals surface area contributed by atoms with Crippen LogP contribution in [0, 0.1) is 0 Å². The first-order chi connectivity index (χ1) is 23.1. The van der Waals surface area contributed by atoms with Crippen LogP contribution in [0.25, 0.3) is 0 Å². The van der Waals surface area contributed by atoms with Crippen molar-refractivity contribution in [3.8, 4) is 5.75 Å². The molecule has 0 unspecified atom stereocenters. The van der Waals surface area contributed by atoms with Gasteiger partial charge in [0.05, 0.1) is 36.7 Å². The van der Waals surface area contributed by atoms with E-state index in [1.165, 1.54) is 25.1 Å². The van der Waals surface area contributed by atoms with E-state index >= 15 is 0 Å². The fourth-order valence-electron chi connectivity index (χ4n) is 5.13. The van der Waals surface area contributed by atoms with Crippen LogP contribution in [0.5, 0.6) is 5.75 Å². The predicted molar refractivity (Wildman–Crippen MR) is 189 cm³/mol. The monoisotopic (exact) mass is 672 g/mol. The van der Waals surface area contributed by atoms with Gasteiger partial charge < -0.3 is 25.8 Å². The van der Waals surface area contributed by atoms with E-state index in [0.717, 1.165) is 28.9 Å². The minimum absolute atomic E-state index is 0.0709. The Morgan fingerprint density at radius 2 is 1.42 bits per heavy atom. The van der Waals surface area contributed by atoms with Crippen LogP contribution in [0.3, 0.4) is 0 Å². The maximum absolute atomic E-state index is 13.8. The summed E-state index contributed by atoms with van der Waals surface area (Å²) in [7, 11) is -2.08. The van der Waals surface area contributed by atoms with Gasteiger partial charge in [-0.1, -0.05) is 72.8 Å². The number of hydrogen-bond donors (Lipinski definition) is 5. The Kier molecular flexibility index (Phi) is 13.1. The Balaban J connectivity index is 1.52.